The highest BCUT2D eigenvalue weighted by Gasteiger charge is 2.31. The molecule has 0 aliphatic heterocycles. The molecule has 1 atom stereocenters. The Balaban J connectivity index is 3.00. The predicted octanol–water partition coefficient (Wildman–Crippen LogP) is 4.40. The van der Waals surface area contributed by atoms with Crippen LogP contribution < -0.4 is 5.32 Å². The molecule has 0 radical (unpaired) electrons. The van der Waals surface area contributed by atoms with E-state index in [-0.39, 0.29) is 11.5 Å². The maximum Gasteiger partial charge on any atom is 0.416 e. The van der Waals surface area contributed by atoms with Crippen LogP contribution in [0.4, 0.5) is 13.2 Å². The summed E-state index contributed by atoms with van der Waals surface area (Å²) < 4.78 is 38.0. The smallest absolute Gasteiger partial charge is 0.313 e. The summed E-state index contributed by atoms with van der Waals surface area (Å²) in [6, 6.07) is 5.47. The van der Waals surface area contributed by atoms with Crippen LogP contribution in [-0.4, -0.2) is 7.05 Å². The molecule has 1 N–H and O–H groups in total. The quantitative estimate of drug-likeness (QED) is 0.848. The van der Waals surface area contributed by atoms with E-state index in [4.69, 9.17) is 0 Å². The lowest BCUT2D eigenvalue weighted by atomic mass is 9.85. The molecular weight excluding hydrogens is 239 g/mol. The monoisotopic (exact) mass is 259 g/mol. The van der Waals surface area contributed by atoms with Crippen LogP contribution in [0.2, 0.25) is 0 Å². The van der Waals surface area contributed by atoms with Gasteiger partial charge in [0.1, 0.15) is 0 Å². The van der Waals surface area contributed by atoms with Gasteiger partial charge in [-0.2, -0.15) is 13.2 Å². The molecule has 0 saturated carbocycles. The Labute approximate surface area is 106 Å². The summed E-state index contributed by atoms with van der Waals surface area (Å²) in [7, 11) is 1.77. The van der Waals surface area contributed by atoms with Gasteiger partial charge >= 0.3 is 6.18 Å². The lowest BCUT2D eigenvalue weighted by Crippen LogP contribution is -2.23. The fourth-order valence-corrected chi connectivity index (χ4v) is 1.93. The van der Waals surface area contributed by atoms with Crippen molar-refractivity contribution in [3.8, 4) is 0 Å². The molecule has 102 valence electrons. The Bertz CT molecular complexity index is 391. The van der Waals surface area contributed by atoms with Gasteiger partial charge in [0.05, 0.1) is 5.56 Å². The van der Waals surface area contributed by atoms with Crippen molar-refractivity contribution in [3.05, 3.63) is 35.4 Å². The zero-order chi connectivity index (χ0) is 14.0. The fraction of sp³-hybridized carbons (Fsp3) is 0.571. The van der Waals surface area contributed by atoms with Gasteiger partial charge < -0.3 is 5.32 Å². The number of nitrogens with one attached hydrogen (secondary N) is 1. The van der Waals surface area contributed by atoms with Crippen molar-refractivity contribution < 1.29 is 13.2 Å². The molecule has 0 heterocycles. The van der Waals surface area contributed by atoms with Crippen LogP contribution in [0.3, 0.4) is 0 Å². The molecule has 4 heteroatoms. The molecule has 0 aromatic heterocycles. The summed E-state index contributed by atoms with van der Waals surface area (Å²) in [5.74, 6) is 0. The van der Waals surface area contributed by atoms with Gasteiger partial charge in [-0.05, 0) is 36.6 Å². The van der Waals surface area contributed by atoms with Crippen LogP contribution in [0.1, 0.15) is 44.4 Å². The van der Waals surface area contributed by atoms with E-state index >= 15 is 0 Å². The van der Waals surface area contributed by atoms with Crippen LogP contribution in [0.15, 0.2) is 24.3 Å². The molecule has 0 bridgehead atoms. The van der Waals surface area contributed by atoms with E-state index in [1.165, 1.54) is 12.1 Å². The van der Waals surface area contributed by atoms with Crippen molar-refractivity contribution in [2.24, 2.45) is 5.41 Å². The lowest BCUT2D eigenvalue weighted by molar-refractivity contribution is -0.137. The van der Waals surface area contributed by atoms with Crippen LogP contribution in [0.5, 0.6) is 0 Å². The van der Waals surface area contributed by atoms with Gasteiger partial charge in [-0.25, -0.2) is 0 Å². The molecule has 0 spiro atoms. The van der Waals surface area contributed by atoms with E-state index in [9.17, 15) is 13.2 Å². The first-order valence-electron chi connectivity index (χ1n) is 5.98. The van der Waals surface area contributed by atoms with Crippen molar-refractivity contribution >= 4 is 0 Å². The van der Waals surface area contributed by atoms with Crippen molar-refractivity contribution in [1.29, 1.82) is 0 Å². The summed E-state index contributed by atoms with van der Waals surface area (Å²) in [5, 5.41) is 3.09. The number of hydrogen-bond donors (Lipinski definition) is 1. The first kappa shape index (κ1) is 15.0. The molecule has 0 fully saturated rings. The Morgan fingerprint density at radius 3 is 2.22 bits per heavy atom. The van der Waals surface area contributed by atoms with Gasteiger partial charge in [0.25, 0.3) is 0 Å². The SMILES string of the molecule is CNC(CC(C)(C)C)c1cccc(C(F)(F)F)c1. The van der Waals surface area contributed by atoms with E-state index in [0.29, 0.717) is 5.56 Å². The molecule has 1 nitrogen and oxygen atoms in total. The molecule has 1 rings (SSSR count). The van der Waals surface area contributed by atoms with Crippen molar-refractivity contribution in [3.63, 3.8) is 0 Å². The predicted molar refractivity (Wildman–Crippen MR) is 67.3 cm³/mol. The Kier molecular flexibility index (Phi) is 4.43. The molecule has 1 aromatic rings. The number of hydrogen-bond acceptors (Lipinski definition) is 1. The highest BCUT2D eigenvalue weighted by atomic mass is 19.4. The summed E-state index contributed by atoms with van der Waals surface area (Å²) in [6.45, 7) is 6.22. The van der Waals surface area contributed by atoms with E-state index in [0.717, 1.165) is 12.5 Å². The zero-order valence-corrected chi connectivity index (χ0v) is 11.2. The molecule has 1 unspecified atom stereocenters. The summed E-state index contributed by atoms with van der Waals surface area (Å²) in [6.07, 6.45) is -3.50. The van der Waals surface area contributed by atoms with Crippen LogP contribution in [0, 0.1) is 5.41 Å². The van der Waals surface area contributed by atoms with E-state index in [2.05, 4.69) is 26.1 Å². The highest BCUT2D eigenvalue weighted by Crippen LogP contribution is 2.33. The third-order valence-electron chi connectivity index (χ3n) is 2.78. The highest BCUT2D eigenvalue weighted by molar-refractivity contribution is 5.28. The van der Waals surface area contributed by atoms with Gasteiger partial charge in [0.2, 0.25) is 0 Å². The van der Waals surface area contributed by atoms with Crippen molar-refractivity contribution in [2.45, 2.75) is 39.4 Å². The number of benzene rings is 1. The Morgan fingerprint density at radius 1 is 1.17 bits per heavy atom. The topological polar surface area (TPSA) is 12.0 Å². The summed E-state index contributed by atoms with van der Waals surface area (Å²) in [5.41, 5.74) is 0.151. The van der Waals surface area contributed by atoms with E-state index in [1.54, 1.807) is 13.1 Å². The summed E-state index contributed by atoms with van der Waals surface area (Å²) >= 11 is 0. The van der Waals surface area contributed by atoms with Crippen molar-refractivity contribution in [1.82, 2.24) is 5.32 Å². The second-order valence-corrected chi connectivity index (χ2v) is 5.73. The van der Waals surface area contributed by atoms with Gasteiger partial charge in [0, 0.05) is 6.04 Å². The third kappa shape index (κ3) is 4.33. The van der Waals surface area contributed by atoms with Gasteiger partial charge in [-0.1, -0.05) is 32.9 Å². The summed E-state index contributed by atoms with van der Waals surface area (Å²) in [4.78, 5) is 0. The molecule has 0 amide bonds. The van der Waals surface area contributed by atoms with Gasteiger partial charge in [-0.15, -0.1) is 0 Å². The minimum Gasteiger partial charge on any atom is -0.313 e. The second-order valence-electron chi connectivity index (χ2n) is 5.73. The van der Waals surface area contributed by atoms with Crippen molar-refractivity contribution in [2.75, 3.05) is 7.05 Å². The maximum absolute atomic E-state index is 12.7. The van der Waals surface area contributed by atoms with Gasteiger partial charge in [0.15, 0.2) is 0 Å². The average Bonchev–Trinajstić information content (AvgIpc) is 2.23. The number of alkyl halides is 3. The third-order valence-corrected chi connectivity index (χ3v) is 2.78. The average molecular weight is 259 g/mol. The standard InChI is InChI=1S/C14H20F3N/c1-13(2,3)9-12(18-4)10-6-5-7-11(8-10)14(15,16)17/h5-8,12,18H,9H2,1-4H3. The molecule has 0 saturated heterocycles. The molecule has 1 aromatic carbocycles. The van der Waals surface area contributed by atoms with Crippen LogP contribution >= 0.6 is 0 Å². The maximum atomic E-state index is 12.7. The molecule has 18 heavy (non-hydrogen) atoms. The van der Waals surface area contributed by atoms with Crippen LogP contribution in [0.25, 0.3) is 0 Å². The van der Waals surface area contributed by atoms with E-state index in [1.807, 2.05) is 0 Å². The molecule has 0 aliphatic carbocycles. The largest absolute Gasteiger partial charge is 0.416 e. The number of rotatable bonds is 3. The molecule has 0 aliphatic rings. The Morgan fingerprint density at radius 2 is 1.78 bits per heavy atom. The first-order chi connectivity index (χ1) is 8.13. The minimum absolute atomic E-state index is 0.0575. The molecular formula is C14H20F3N. The normalized spacial score (nSPS) is 14.6. The first-order valence-corrected chi connectivity index (χ1v) is 5.98. The van der Waals surface area contributed by atoms with E-state index < -0.39 is 11.7 Å². The Hall–Kier alpha value is -1.03. The zero-order valence-electron chi connectivity index (χ0n) is 11.2. The second kappa shape index (κ2) is 5.31. The minimum atomic E-state index is -4.28. The van der Waals surface area contributed by atoms with Gasteiger partial charge in [-0.3, -0.25) is 0 Å². The number of halogens is 3. The van der Waals surface area contributed by atoms with Crippen LogP contribution in [-0.2, 0) is 6.18 Å². The lowest BCUT2D eigenvalue weighted by Gasteiger charge is -2.26. The fourth-order valence-electron chi connectivity index (χ4n) is 1.93.